The molecule has 0 aliphatic rings. The maximum absolute atomic E-state index is 13.1. The van der Waals surface area contributed by atoms with Crippen LogP contribution in [0.3, 0.4) is 0 Å². The van der Waals surface area contributed by atoms with E-state index in [9.17, 15) is 14.0 Å². The van der Waals surface area contributed by atoms with Crippen molar-refractivity contribution in [2.45, 2.75) is 6.92 Å². The highest BCUT2D eigenvalue weighted by Gasteiger charge is 2.10. The Morgan fingerprint density at radius 1 is 1.16 bits per heavy atom. The minimum absolute atomic E-state index is 0.283. The van der Waals surface area contributed by atoms with E-state index < -0.39 is 5.82 Å². The maximum Gasteiger partial charge on any atom is 0.256 e. The van der Waals surface area contributed by atoms with Gasteiger partial charge in [0.15, 0.2) is 0 Å². The summed E-state index contributed by atoms with van der Waals surface area (Å²) in [6.07, 6.45) is 1.74. The predicted molar refractivity (Wildman–Crippen MR) is 70.3 cm³/mol. The molecule has 0 fully saturated rings. The predicted octanol–water partition coefficient (Wildman–Crippen LogP) is 2.84. The van der Waals surface area contributed by atoms with Crippen molar-refractivity contribution in [2.24, 2.45) is 0 Å². The molecule has 1 N–H and O–H groups in total. The van der Waals surface area contributed by atoms with Crippen LogP contribution in [0, 0.1) is 12.7 Å². The third-order valence-corrected chi connectivity index (χ3v) is 2.70. The van der Waals surface area contributed by atoms with Crippen molar-refractivity contribution >= 4 is 17.9 Å². The number of hydrogen-bond acceptors (Lipinski definition) is 2. The third-order valence-electron chi connectivity index (χ3n) is 2.70. The summed E-state index contributed by atoms with van der Waals surface area (Å²) in [5.74, 6) is -0.846. The van der Waals surface area contributed by atoms with Gasteiger partial charge in [-0.05, 0) is 48.9 Å². The van der Waals surface area contributed by atoms with Crippen molar-refractivity contribution in [2.75, 3.05) is 5.32 Å². The molecule has 0 aliphatic carbocycles. The Balaban J connectivity index is 2.20. The van der Waals surface area contributed by atoms with Crippen molar-refractivity contribution in [3.05, 3.63) is 65.0 Å². The van der Waals surface area contributed by atoms with Crippen LogP contribution in [0.25, 0.3) is 0 Å². The highest BCUT2D eigenvalue weighted by atomic mass is 19.1. The van der Waals surface area contributed by atoms with Crippen molar-refractivity contribution in [1.82, 2.24) is 0 Å². The van der Waals surface area contributed by atoms with Gasteiger partial charge in [0.05, 0.1) is 0 Å². The quantitative estimate of drug-likeness (QED) is 0.917. The Morgan fingerprint density at radius 3 is 2.47 bits per heavy atom. The van der Waals surface area contributed by atoms with Gasteiger partial charge in [-0.2, -0.15) is 0 Å². The molecule has 0 saturated carbocycles. The molecule has 0 atom stereocenters. The van der Waals surface area contributed by atoms with Gasteiger partial charge in [-0.3, -0.25) is 9.59 Å². The Bertz CT molecular complexity index is 621. The molecule has 0 unspecified atom stereocenters. The van der Waals surface area contributed by atoms with E-state index in [0.717, 1.165) is 0 Å². The van der Waals surface area contributed by atoms with Crippen LogP contribution < -0.4 is 5.32 Å². The summed E-state index contributed by atoms with van der Waals surface area (Å²) in [4.78, 5) is 22.4. The van der Waals surface area contributed by atoms with E-state index in [1.807, 2.05) is 0 Å². The van der Waals surface area contributed by atoms with E-state index in [4.69, 9.17) is 0 Å². The Kier molecular flexibility index (Phi) is 3.71. The summed E-state index contributed by atoms with van der Waals surface area (Å²) >= 11 is 0. The van der Waals surface area contributed by atoms with Crippen LogP contribution >= 0.6 is 0 Å². The second-order valence-corrected chi connectivity index (χ2v) is 4.09. The zero-order valence-electron chi connectivity index (χ0n) is 10.2. The molecule has 4 heteroatoms. The molecule has 95 valence electrons. The monoisotopic (exact) mass is 256 g/mol. The van der Waals surface area contributed by atoms with Crippen LogP contribution in [-0.2, 0) is 4.79 Å². The molecule has 1 amide bonds. The number of amides is 1. The van der Waals surface area contributed by atoms with E-state index in [2.05, 4.69) is 5.32 Å². The van der Waals surface area contributed by atoms with Gasteiger partial charge in [0.1, 0.15) is 5.82 Å². The van der Waals surface area contributed by atoms with Crippen molar-refractivity contribution in [3.63, 3.8) is 0 Å². The minimum atomic E-state index is -0.457. The molecule has 2 aromatic rings. The smallest absolute Gasteiger partial charge is 0.256 e. The van der Waals surface area contributed by atoms with Gasteiger partial charge in [-0.1, -0.05) is 6.07 Å². The van der Waals surface area contributed by atoms with Crippen LogP contribution in [0.4, 0.5) is 10.1 Å². The molecule has 0 spiro atoms. The summed E-state index contributed by atoms with van der Waals surface area (Å²) < 4.78 is 13.1. The van der Waals surface area contributed by atoms with Crippen molar-refractivity contribution in [3.8, 4) is 0 Å². The zero-order chi connectivity index (χ0) is 13.8. The zero-order valence-corrected chi connectivity index (χ0v) is 10.2. The number of hydrogen-bond donors (Lipinski definition) is 1. The van der Waals surface area contributed by atoms with Gasteiger partial charge in [0.2, 0.25) is 6.29 Å². The topological polar surface area (TPSA) is 46.2 Å². The third kappa shape index (κ3) is 3.04. The molecule has 2 rings (SSSR count). The standard InChI is InChI=1S/C15H11FNO2/c1-10-2-5-12(16)8-14(10)15(19)17-13-6-3-11(9-18)4-7-13/h2-8H,1H3,(H,17,19). The van der Waals surface area contributed by atoms with Crippen molar-refractivity contribution < 1.29 is 14.0 Å². The average Bonchev–Trinajstić information content (AvgIpc) is 2.42. The van der Waals surface area contributed by atoms with E-state index >= 15 is 0 Å². The van der Waals surface area contributed by atoms with Gasteiger partial charge in [0.25, 0.3) is 5.91 Å². The molecule has 0 bridgehead atoms. The number of carbonyl (C=O) groups excluding carboxylic acids is 2. The SMILES string of the molecule is Cc1ccc(F)cc1C(=O)Nc1ccc([C]=O)cc1. The second kappa shape index (κ2) is 5.44. The molecular weight excluding hydrogens is 245 g/mol. The molecule has 0 saturated heterocycles. The van der Waals surface area contributed by atoms with E-state index in [0.29, 0.717) is 16.8 Å². The average molecular weight is 256 g/mol. The highest BCUT2D eigenvalue weighted by molar-refractivity contribution is 6.05. The summed E-state index contributed by atoms with van der Waals surface area (Å²) in [6, 6.07) is 10.3. The number of anilines is 1. The van der Waals surface area contributed by atoms with Gasteiger partial charge in [-0.15, -0.1) is 0 Å². The number of carbonyl (C=O) groups is 1. The maximum atomic E-state index is 13.1. The van der Waals surface area contributed by atoms with Crippen LogP contribution in [-0.4, -0.2) is 12.2 Å². The molecule has 0 aromatic heterocycles. The molecule has 0 heterocycles. The second-order valence-electron chi connectivity index (χ2n) is 4.09. The summed E-state index contributed by atoms with van der Waals surface area (Å²) in [5.41, 5.74) is 1.91. The summed E-state index contributed by atoms with van der Waals surface area (Å²) in [7, 11) is 0. The van der Waals surface area contributed by atoms with Crippen molar-refractivity contribution in [1.29, 1.82) is 0 Å². The molecular formula is C15H11FNO2. The van der Waals surface area contributed by atoms with Crippen LogP contribution in [0.1, 0.15) is 21.5 Å². The first-order valence-corrected chi connectivity index (χ1v) is 5.66. The Hall–Kier alpha value is -2.49. The van der Waals surface area contributed by atoms with E-state index in [-0.39, 0.29) is 11.5 Å². The largest absolute Gasteiger partial charge is 0.322 e. The van der Waals surface area contributed by atoms with Crippen LogP contribution in [0.2, 0.25) is 0 Å². The lowest BCUT2D eigenvalue weighted by Crippen LogP contribution is -2.13. The number of rotatable bonds is 3. The fraction of sp³-hybridized carbons (Fsp3) is 0.0667. The summed E-state index contributed by atoms with van der Waals surface area (Å²) in [6.45, 7) is 1.73. The first-order valence-electron chi connectivity index (χ1n) is 5.66. The lowest BCUT2D eigenvalue weighted by molar-refractivity contribution is 0.102. The normalized spacial score (nSPS) is 10.0. The first kappa shape index (κ1) is 13.0. The molecule has 1 radical (unpaired) electrons. The Morgan fingerprint density at radius 2 is 1.84 bits per heavy atom. The van der Waals surface area contributed by atoms with E-state index in [1.165, 1.54) is 12.1 Å². The highest BCUT2D eigenvalue weighted by Crippen LogP contribution is 2.14. The molecule has 2 aromatic carbocycles. The lowest BCUT2D eigenvalue weighted by atomic mass is 10.1. The number of nitrogens with one attached hydrogen (secondary N) is 1. The molecule has 0 aliphatic heterocycles. The van der Waals surface area contributed by atoms with Gasteiger partial charge < -0.3 is 5.32 Å². The Labute approximate surface area is 110 Å². The minimum Gasteiger partial charge on any atom is -0.322 e. The van der Waals surface area contributed by atoms with Gasteiger partial charge >= 0.3 is 0 Å². The number of benzene rings is 2. The van der Waals surface area contributed by atoms with Gasteiger partial charge in [0, 0.05) is 16.8 Å². The fourth-order valence-corrected chi connectivity index (χ4v) is 1.66. The first-order chi connectivity index (χ1) is 9.10. The lowest BCUT2D eigenvalue weighted by Gasteiger charge is -2.07. The van der Waals surface area contributed by atoms with Gasteiger partial charge in [-0.25, -0.2) is 4.39 Å². The number of aryl methyl sites for hydroxylation is 1. The fourth-order valence-electron chi connectivity index (χ4n) is 1.66. The number of halogens is 1. The van der Waals surface area contributed by atoms with Crippen LogP contribution in [0.5, 0.6) is 0 Å². The summed E-state index contributed by atoms with van der Waals surface area (Å²) in [5, 5.41) is 2.64. The molecule has 19 heavy (non-hydrogen) atoms. The van der Waals surface area contributed by atoms with Crippen LogP contribution in [0.15, 0.2) is 42.5 Å². The van der Waals surface area contributed by atoms with E-state index in [1.54, 1.807) is 43.5 Å². The molecule has 3 nitrogen and oxygen atoms in total.